The number of hydrogen-bond acceptors (Lipinski definition) is 3. The minimum Gasteiger partial charge on any atom is -0.481 e. The standard InChI is InChI=1S/C15H17NO4/c16-10-12-7-5-11(6-8-12)9-13(15(19)20)3-1-2-4-14(17)18/h5-8,13H,1-4,9H2,(H,17,18)(H,19,20). The molecule has 1 rings (SSSR count). The molecule has 20 heavy (non-hydrogen) atoms. The van der Waals surface area contributed by atoms with Crippen LogP contribution in [0.1, 0.15) is 36.8 Å². The van der Waals surface area contributed by atoms with Crippen molar-refractivity contribution >= 4 is 11.9 Å². The summed E-state index contributed by atoms with van der Waals surface area (Å²) in [6.45, 7) is 0. The monoisotopic (exact) mass is 275 g/mol. The predicted octanol–water partition coefficient (Wildman–Crippen LogP) is 2.45. The number of aliphatic carboxylic acids is 2. The third-order valence-corrected chi connectivity index (χ3v) is 3.11. The molecule has 0 saturated carbocycles. The zero-order valence-electron chi connectivity index (χ0n) is 11.1. The van der Waals surface area contributed by atoms with Gasteiger partial charge in [0.1, 0.15) is 0 Å². The van der Waals surface area contributed by atoms with Crippen molar-refractivity contribution in [2.75, 3.05) is 0 Å². The number of carboxylic acid groups (broad SMARTS) is 2. The number of benzene rings is 1. The average molecular weight is 275 g/mol. The van der Waals surface area contributed by atoms with Crippen LogP contribution in [0.3, 0.4) is 0 Å². The second-order valence-corrected chi connectivity index (χ2v) is 4.69. The summed E-state index contributed by atoms with van der Waals surface area (Å²) in [7, 11) is 0. The van der Waals surface area contributed by atoms with Gasteiger partial charge in [0.05, 0.1) is 17.6 Å². The van der Waals surface area contributed by atoms with Gasteiger partial charge in [-0.05, 0) is 37.0 Å². The van der Waals surface area contributed by atoms with E-state index >= 15 is 0 Å². The van der Waals surface area contributed by atoms with Gasteiger partial charge in [-0.3, -0.25) is 9.59 Å². The van der Waals surface area contributed by atoms with Crippen LogP contribution in [0, 0.1) is 17.2 Å². The summed E-state index contributed by atoms with van der Waals surface area (Å²) in [5.74, 6) is -2.25. The van der Waals surface area contributed by atoms with Gasteiger partial charge in [0.25, 0.3) is 0 Å². The van der Waals surface area contributed by atoms with Gasteiger partial charge in [-0.25, -0.2) is 0 Å². The van der Waals surface area contributed by atoms with Gasteiger partial charge in [0.15, 0.2) is 0 Å². The van der Waals surface area contributed by atoms with Gasteiger partial charge in [-0.2, -0.15) is 5.26 Å². The lowest BCUT2D eigenvalue weighted by atomic mass is 9.93. The summed E-state index contributed by atoms with van der Waals surface area (Å²) >= 11 is 0. The molecule has 1 unspecified atom stereocenters. The number of carboxylic acids is 2. The first-order chi connectivity index (χ1) is 9.52. The molecular weight excluding hydrogens is 258 g/mol. The van der Waals surface area contributed by atoms with Crippen molar-refractivity contribution in [3.63, 3.8) is 0 Å². The van der Waals surface area contributed by atoms with Crippen molar-refractivity contribution in [1.29, 1.82) is 5.26 Å². The molecule has 0 aromatic heterocycles. The fraction of sp³-hybridized carbons (Fsp3) is 0.400. The highest BCUT2D eigenvalue weighted by Crippen LogP contribution is 2.17. The first kappa shape index (κ1) is 15.7. The summed E-state index contributed by atoms with van der Waals surface area (Å²) in [4.78, 5) is 21.6. The van der Waals surface area contributed by atoms with Crippen LogP contribution in [0.4, 0.5) is 0 Å². The summed E-state index contributed by atoms with van der Waals surface area (Å²) in [6, 6.07) is 8.85. The Kier molecular flexibility index (Phi) is 6.24. The topological polar surface area (TPSA) is 98.4 Å². The van der Waals surface area contributed by atoms with Gasteiger partial charge in [0.2, 0.25) is 0 Å². The van der Waals surface area contributed by atoms with Crippen LogP contribution in [0.5, 0.6) is 0 Å². The van der Waals surface area contributed by atoms with Gasteiger partial charge in [-0.1, -0.05) is 18.6 Å². The maximum Gasteiger partial charge on any atom is 0.306 e. The number of nitrogens with zero attached hydrogens (tertiary/aromatic N) is 1. The fourth-order valence-electron chi connectivity index (χ4n) is 1.98. The van der Waals surface area contributed by atoms with Crippen molar-refractivity contribution in [3.05, 3.63) is 35.4 Å². The predicted molar refractivity (Wildman–Crippen MR) is 72.1 cm³/mol. The molecule has 0 radical (unpaired) electrons. The summed E-state index contributed by atoms with van der Waals surface area (Å²) in [6.07, 6.45) is 2.01. The van der Waals surface area contributed by atoms with Gasteiger partial charge >= 0.3 is 11.9 Å². The Morgan fingerprint density at radius 3 is 2.30 bits per heavy atom. The molecule has 0 spiro atoms. The van der Waals surface area contributed by atoms with Gasteiger partial charge < -0.3 is 10.2 Å². The van der Waals surface area contributed by atoms with E-state index in [0.717, 1.165) is 5.56 Å². The fourth-order valence-corrected chi connectivity index (χ4v) is 1.98. The smallest absolute Gasteiger partial charge is 0.306 e. The van der Waals surface area contributed by atoms with Gasteiger partial charge in [-0.15, -0.1) is 0 Å². The molecule has 0 aliphatic heterocycles. The third-order valence-electron chi connectivity index (χ3n) is 3.11. The van der Waals surface area contributed by atoms with E-state index in [1.165, 1.54) is 0 Å². The minimum atomic E-state index is -0.871. The second-order valence-electron chi connectivity index (χ2n) is 4.69. The maximum atomic E-state index is 11.2. The minimum absolute atomic E-state index is 0.0726. The Morgan fingerprint density at radius 2 is 1.80 bits per heavy atom. The quantitative estimate of drug-likeness (QED) is 0.710. The summed E-state index contributed by atoms with van der Waals surface area (Å²) in [5, 5.41) is 26.4. The molecule has 1 aromatic rings. The molecular formula is C15H17NO4. The highest BCUT2D eigenvalue weighted by Gasteiger charge is 2.17. The lowest BCUT2D eigenvalue weighted by molar-refractivity contribution is -0.142. The first-order valence-electron chi connectivity index (χ1n) is 6.46. The lowest BCUT2D eigenvalue weighted by Gasteiger charge is -2.12. The molecule has 0 saturated heterocycles. The molecule has 2 N–H and O–H groups in total. The van der Waals surface area contributed by atoms with E-state index in [1.807, 2.05) is 6.07 Å². The number of rotatable bonds is 8. The highest BCUT2D eigenvalue weighted by molar-refractivity contribution is 5.70. The van der Waals surface area contributed by atoms with Crippen LogP contribution in [0.15, 0.2) is 24.3 Å². The molecule has 0 aliphatic carbocycles. The largest absolute Gasteiger partial charge is 0.481 e. The molecule has 5 heteroatoms. The normalized spacial score (nSPS) is 11.6. The number of carbonyl (C=O) groups is 2. The molecule has 1 aromatic carbocycles. The third kappa shape index (κ3) is 5.53. The van der Waals surface area contributed by atoms with E-state index in [4.69, 9.17) is 10.4 Å². The zero-order valence-corrected chi connectivity index (χ0v) is 11.1. The molecule has 5 nitrogen and oxygen atoms in total. The van der Waals surface area contributed by atoms with E-state index in [9.17, 15) is 14.7 Å². The van der Waals surface area contributed by atoms with Crippen molar-refractivity contribution in [1.82, 2.24) is 0 Å². The van der Waals surface area contributed by atoms with E-state index in [-0.39, 0.29) is 6.42 Å². The molecule has 0 fully saturated rings. The van der Waals surface area contributed by atoms with Gasteiger partial charge in [0, 0.05) is 6.42 Å². The summed E-state index contributed by atoms with van der Waals surface area (Å²) in [5.41, 5.74) is 1.41. The van der Waals surface area contributed by atoms with Crippen molar-refractivity contribution in [3.8, 4) is 6.07 Å². The second kappa shape index (κ2) is 7.95. The van der Waals surface area contributed by atoms with E-state index < -0.39 is 17.9 Å². The number of unbranched alkanes of at least 4 members (excludes halogenated alkanes) is 1. The van der Waals surface area contributed by atoms with Crippen molar-refractivity contribution < 1.29 is 19.8 Å². The SMILES string of the molecule is N#Cc1ccc(CC(CCCCC(=O)O)C(=O)O)cc1. The van der Waals surface area contributed by atoms with Crippen molar-refractivity contribution in [2.45, 2.75) is 32.1 Å². The van der Waals surface area contributed by atoms with E-state index in [1.54, 1.807) is 24.3 Å². The Balaban J connectivity index is 2.51. The van der Waals surface area contributed by atoms with Crippen LogP contribution in [0.2, 0.25) is 0 Å². The van der Waals surface area contributed by atoms with Crippen LogP contribution < -0.4 is 0 Å². The number of nitriles is 1. The zero-order chi connectivity index (χ0) is 15.0. The Hall–Kier alpha value is -2.35. The molecule has 0 heterocycles. The van der Waals surface area contributed by atoms with Crippen molar-refractivity contribution in [2.24, 2.45) is 5.92 Å². The molecule has 1 atom stereocenters. The lowest BCUT2D eigenvalue weighted by Crippen LogP contribution is -2.16. The highest BCUT2D eigenvalue weighted by atomic mass is 16.4. The molecule has 0 bridgehead atoms. The van der Waals surface area contributed by atoms with E-state index in [0.29, 0.717) is 31.2 Å². The van der Waals surface area contributed by atoms with Crippen LogP contribution in [-0.2, 0) is 16.0 Å². The molecule has 0 amide bonds. The van der Waals surface area contributed by atoms with Crippen LogP contribution in [-0.4, -0.2) is 22.2 Å². The maximum absolute atomic E-state index is 11.2. The molecule has 0 aliphatic rings. The van der Waals surface area contributed by atoms with E-state index in [2.05, 4.69) is 0 Å². The van der Waals surface area contributed by atoms with Crippen LogP contribution in [0.25, 0.3) is 0 Å². The first-order valence-corrected chi connectivity index (χ1v) is 6.46. The Morgan fingerprint density at radius 1 is 1.15 bits per heavy atom. The number of hydrogen-bond donors (Lipinski definition) is 2. The van der Waals surface area contributed by atoms with Crippen LogP contribution >= 0.6 is 0 Å². The summed E-state index contributed by atoms with van der Waals surface area (Å²) < 4.78 is 0. The Labute approximate surface area is 117 Å². The molecule has 106 valence electrons. The average Bonchev–Trinajstić information content (AvgIpc) is 2.42. The Bertz CT molecular complexity index is 502.